The molecule has 0 N–H and O–H groups in total. The maximum absolute atomic E-state index is 6.55. The van der Waals surface area contributed by atoms with E-state index in [1.807, 2.05) is 6.07 Å². The third kappa shape index (κ3) is 3.52. The number of para-hydroxylation sites is 3. The van der Waals surface area contributed by atoms with Gasteiger partial charge in [0.05, 0.1) is 27.5 Å². The molecule has 0 unspecified atom stereocenters. The largest absolute Gasteiger partial charge is 0.455 e. The molecule has 9 aromatic rings. The second-order valence-electron chi connectivity index (χ2n) is 12.1. The second kappa shape index (κ2) is 9.35. The minimum atomic E-state index is 0.923. The van der Waals surface area contributed by atoms with Crippen LogP contribution in [0.5, 0.6) is 0 Å². The summed E-state index contributed by atoms with van der Waals surface area (Å²) >= 11 is 0. The monoisotopic (exact) mass is 576 g/mol. The molecule has 3 heteroatoms. The number of hydrogen-bond acceptors (Lipinski definition) is 1. The zero-order valence-corrected chi connectivity index (χ0v) is 24.6. The Morgan fingerprint density at radius 1 is 0.511 bits per heavy atom. The molecule has 45 heavy (non-hydrogen) atoms. The van der Waals surface area contributed by atoms with Crippen LogP contribution in [-0.4, -0.2) is 9.13 Å². The normalized spacial score (nSPS) is 13.6. The Morgan fingerprint density at radius 2 is 1.22 bits per heavy atom. The Morgan fingerprint density at radius 3 is 2.09 bits per heavy atom. The van der Waals surface area contributed by atoms with E-state index in [2.05, 4.69) is 149 Å². The number of fused-ring (bicyclic) bond motifs is 10. The van der Waals surface area contributed by atoms with E-state index in [9.17, 15) is 0 Å². The van der Waals surface area contributed by atoms with Gasteiger partial charge >= 0.3 is 0 Å². The van der Waals surface area contributed by atoms with Crippen molar-refractivity contribution in [3.63, 3.8) is 0 Å². The molecule has 3 heterocycles. The Balaban J connectivity index is 1.29. The lowest BCUT2D eigenvalue weighted by Gasteiger charge is -2.11. The molecule has 0 spiro atoms. The molecule has 0 saturated carbocycles. The van der Waals surface area contributed by atoms with Gasteiger partial charge in [-0.05, 0) is 90.7 Å². The first-order valence-electron chi connectivity index (χ1n) is 15.7. The van der Waals surface area contributed by atoms with Crippen LogP contribution in [0.25, 0.3) is 82.5 Å². The van der Waals surface area contributed by atoms with Gasteiger partial charge in [0.1, 0.15) is 11.2 Å². The first kappa shape index (κ1) is 24.6. The zero-order chi connectivity index (χ0) is 29.5. The van der Waals surface area contributed by atoms with E-state index >= 15 is 0 Å². The van der Waals surface area contributed by atoms with Crippen LogP contribution in [0.15, 0.2) is 150 Å². The highest BCUT2D eigenvalue weighted by atomic mass is 16.3. The molecule has 1 aliphatic carbocycles. The zero-order valence-electron chi connectivity index (χ0n) is 24.6. The van der Waals surface area contributed by atoms with E-state index in [0.717, 1.165) is 51.4 Å². The fourth-order valence-electron chi connectivity index (χ4n) is 7.56. The molecule has 3 nitrogen and oxygen atoms in total. The third-order valence-corrected chi connectivity index (χ3v) is 9.59. The summed E-state index contributed by atoms with van der Waals surface area (Å²) in [5, 5.41) is 7.18. The number of hydrogen-bond donors (Lipinski definition) is 0. The summed E-state index contributed by atoms with van der Waals surface area (Å²) in [4.78, 5) is 0. The number of allylic oxidation sites excluding steroid dienone is 4. The van der Waals surface area contributed by atoms with E-state index in [4.69, 9.17) is 4.42 Å². The van der Waals surface area contributed by atoms with Crippen LogP contribution in [0.1, 0.15) is 18.4 Å². The van der Waals surface area contributed by atoms with Crippen LogP contribution >= 0.6 is 0 Å². The summed E-state index contributed by atoms with van der Waals surface area (Å²) in [6.07, 6.45) is 8.87. The topological polar surface area (TPSA) is 23.0 Å². The minimum Gasteiger partial charge on any atom is -0.455 e. The summed E-state index contributed by atoms with van der Waals surface area (Å²) in [5.41, 5.74) is 11.6. The highest BCUT2D eigenvalue weighted by Crippen LogP contribution is 2.42. The molecule has 0 saturated heterocycles. The van der Waals surface area contributed by atoms with Gasteiger partial charge in [0.25, 0.3) is 0 Å². The van der Waals surface area contributed by atoms with Crippen molar-refractivity contribution < 1.29 is 4.42 Å². The predicted molar refractivity (Wildman–Crippen MR) is 189 cm³/mol. The van der Waals surface area contributed by atoms with Crippen LogP contribution in [0.4, 0.5) is 0 Å². The Hall–Kier alpha value is -5.80. The van der Waals surface area contributed by atoms with Crippen molar-refractivity contribution in [2.24, 2.45) is 0 Å². The van der Waals surface area contributed by atoms with Crippen LogP contribution in [0, 0.1) is 0 Å². The van der Waals surface area contributed by atoms with Gasteiger partial charge < -0.3 is 13.6 Å². The lowest BCUT2D eigenvalue weighted by atomic mass is 9.96. The fraction of sp³-hybridized carbons (Fsp3) is 0.0476. The molecule has 0 bridgehead atoms. The SMILES string of the molecule is C1=CCCC(c2ccc3c(c2)c2cc(-n4c5ccccc5c5c6oc7ccccc7c6ccc54)ccc2n3-c2ccccc2)=C1. The number of benzene rings is 6. The van der Waals surface area contributed by atoms with Crippen molar-refractivity contribution >= 4 is 71.1 Å². The summed E-state index contributed by atoms with van der Waals surface area (Å²) in [6, 6.07) is 46.2. The summed E-state index contributed by atoms with van der Waals surface area (Å²) in [6.45, 7) is 0. The van der Waals surface area contributed by atoms with Gasteiger partial charge in [-0.15, -0.1) is 0 Å². The molecule has 0 atom stereocenters. The quantitative estimate of drug-likeness (QED) is 0.205. The Labute approximate surface area is 259 Å². The van der Waals surface area contributed by atoms with Gasteiger partial charge in [0.15, 0.2) is 0 Å². The summed E-state index contributed by atoms with van der Waals surface area (Å²) in [7, 11) is 0. The van der Waals surface area contributed by atoms with Crippen LogP contribution in [0.3, 0.4) is 0 Å². The lowest BCUT2D eigenvalue weighted by molar-refractivity contribution is 0.673. The van der Waals surface area contributed by atoms with E-state index in [1.165, 1.54) is 49.5 Å². The number of rotatable bonds is 3. The molecule has 0 radical (unpaired) electrons. The van der Waals surface area contributed by atoms with Crippen LogP contribution in [0.2, 0.25) is 0 Å². The molecule has 3 aromatic heterocycles. The standard InChI is InChI=1S/C42H28N2O/c1-3-11-27(12-4-1)28-19-22-37-34(25-28)35-26-30(20-23-38(35)43(37)29-13-5-2-6-14-29)44-36-17-9-7-16-33(36)41-39(44)24-21-32-31-15-8-10-18-40(31)45-42(32)41/h1-3,5-11,13-26H,4,12H2. The molecular weight excluding hydrogens is 548 g/mol. The average Bonchev–Trinajstić information content (AvgIpc) is 3.76. The molecule has 0 fully saturated rings. The van der Waals surface area contributed by atoms with Crippen molar-refractivity contribution in [2.45, 2.75) is 12.8 Å². The highest BCUT2D eigenvalue weighted by Gasteiger charge is 2.20. The van der Waals surface area contributed by atoms with Gasteiger partial charge in [-0.2, -0.15) is 0 Å². The van der Waals surface area contributed by atoms with Crippen LogP contribution in [-0.2, 0) is 0 Å². The molecule has 0 amide bonds. The molecule has 212 valence electrons. The molecule has 10 rings (SSSR count). The number of furan rings is 1. The average molecular weight is 577 g/mol. The van der Waals surface area contributed by atoms with Gasteiger partial charge in [-0.25, -0.2) is 0 Å². The minimum absolute atomic E-state index is 0.923. The molecule has 0 aliphatic heterocycles. The van der Waals surface area contributed by atoms with Gasteiger partial charge in [0.2, 0.25) is 0 Å². The third-order valence-electron chi connectivity index (χ3n) is 9.59. The van der Waals surface area contributed by atoms with Gasteiger partial charge in [0, 0.05) is 38.3 Å². The maximum atomic E-state index is 6.55. The second-order valence-corrected chi connectivity index (χ2v) is 12.1. The number of aromatic nitrogens is 2. The lowest BCUT2D eigenvalue weighted by Crippen LogP contribution is -1.95. The first-order valence-corrected chi connectivity index (χ1v) is 15.7. The van der Waals surface area contributed by atoms with Gasteiger partial charge in [-0.3, -0.25) is 0 Å². The van der Waals surface area contributed by atoms with Crippen molar-refractivity contribution in [3.05, 3.63) is 151 Å². The molecule has 6 aromatic carbocycles. The van der Waals surface area contributed by atoms with Gasteiger partial charge in [-0.1, -0.05) is 78.9 Å². The van der Waals surface area contributed by atoms with Crippen LogP contribution < -0.4 is 0 Å². The highest BCUT2D eigenvalue weighted by molar-refractivity contribution is 6.24. The summed E-state index contributed by atoms with van der Waals surface area (Å²) in [5.74, 6) is 0. The molecular formula is C42H28N2O. The van der Waals surface area contributed by atoms with Crippen molar-refractivity contribution in [2.75, 3.05) is 0 Å². The smallest absolute Gasteiger partial charge is 0.145 e. The van der Waals surface area contributed by atoms with Crippen molar-refractivity contribution in [3.8, 4) is 11.4 Å². The van der Waals surface area contributed by atoms with E-state index in [-0.39, 0.29) is 0 Å². The van der Waals surface area contributed by atoms with E-state index < -0.39 is 0 Å². The fourth-order valence-corrected chi connectivity index (χ4v) is 7.56. The van der Waals surface area contributed by atoms with Crippen molar-refractivity contribution in [1.82, 2.24) is 9.13 Å². The summed E-state index contributed by atoms with van der Waals surface area (Å²) < 4.78 is 11.4. The van der Waals surface area contributed by atoms with E-state index in [0.29, 0.717) is 0 Å². The van der Waals surface area contributed by atoms with Crippen molar-refractivity contribution in [1.29, 1.82) is 0 Å². The van der Waals surface area contributed by atoms with E-state index in [1.54, 1.807) is 0 Å². The molecule has 1 aliphatic rings. The number of nitrogens with zero attached hydrogens (tertiary/aromatic N) is 2. The Bertz CT molecular complexity index is 2700. The first-order chi connectivity index (χ1) is 22.3. The Kier molecular flexibility index (Phi) is 5.11. The predicted octanol–water partition coefficient (Wildman–Crippen LogP) is 11.5. The maximum Gasteiger partial charge on any atom is 0.145 e.